The average molecular weight is 309 g/mol. The maximum atomic E-state index is 11.8. The fourth-order valence-electron chi connectivity index (χ4n) is 2.49. The Morgan fingerprint density at radius 1 is 1.43 bits per heavy atom. The van der Waals surface area contributed by atoms with E-state index in [0.717, 1.165) is 28.9 Å². The van der Waals surface area contributed by atoms with Crippen molar-refractivity contribution in [2.45, 2.75) is 33.6 Å². The highest BCUT2D eigenvalue weighted by atomic mass is 16.5. The number of hydrogen-bond donors (Lipinski definition) is 0. The van der Waals surface area contributed by atoms with Gasteiger partial charge in [0.25, 0.3) is 0 Å². The summed E-state index contributed by atoms with van der Waals surface area (Å²) in [5.74, 6) is 0.676. The third kappa shape index (κ3) is 4.43. The minimum Gasteiger partial charge on any atom is -0.496 e. The van der Waals surface area contributed by atoms with Crippen LogP contribution in [0, 0.1) is 18.3 Å². The van der Waals surface area contributed by atoms with Gasteiger partial charge in [-0.05, 0) is 37.5 Å². The Balaban J connectivity index is 3.55. The molecule has 23 heavy (non-hydrogen) atoms. The lowest BCUT2D eigenvalue weighted by Gasteiger charge is -2.12. The molecule has 0 aliphatic rings. The Bertz CT molecular complexity index is 703. The summed E-state index contributed by atoms with van der Waals surface area (Å²) in [6.45, 7) is 9.28. The van der Waals surface area contributed by atoms with Crippen molar-refractivity contribution in [2.24, 2.45) is 0 Å². The van der Waals surface area contributed by atoms with Crippen molar-refractivity contribution in [3.8, 4) is 11.8 Å². The molecule has 0 aliphatic heterocycles. The lowest BCUT2D eigenvalue weighted by atomic mass is 9.95. The summed E-state index contributed by atoms with van der Waals surface area (Å²) in [6.07, 6.45) is 4.80. The quantitative estimate of drug-likeness (QED) is 0.413. The molecule has 0 saturated heterocycles. The van der Waals surface area contributed by atoms with Gasteiger partial charge < -0.3 is 4.74 Å². The van der Waals surface area contributed by atoms with Gasteiger partial charge in [0.2, 0.25) is 0 Å². The first-order chi connectivity index (χ1) is 11.0. The Morgan fingerprint density at radius 3 is 2.61 bits per heavy atom. The number of Topliss-reactive ketones (excluding diaryl/α,β-unsaturated/α-hetero) is 1. The van der Waals surface area contributed by atoms with Crippen molar-refractivity contribution in [1.82, 2.24) is 0 Å². The van der Waals surface area contributed by atoms with E-state index in [-0.39, 0.29) is 5.78 Å². The largest absolute Gasteiger partial charge is 0.496 e. The van der Waals surface area contributed by atoms with Gasteiger partial charge in [-0.2, -0.15) is 5.26 Å². The summed E-state index contributed by atoms with van der Waals surface area (Å²) >= 11 is 0. The predicted octanol–water partition coefficient (Wildman–Crippen LogP) is 4.78. The van der Waals surface area contributed by atoms with Crippen molar-refractivity contribution in [3.05, 3.63) is 59.2 Å². The van der Waals surface area contributed by atoms with Gasteiger partial charge in [0.1, 0.15) is 5.75 Å². The van der Waals surface area contributed by atoms with Crippen LogP contribution in [0.25, 0.3) is 5.57 Å². The molecule has 120 valence electrons. The van der Waals surface area contributed by atoms with E-state index in [2.05, 4.69) is 12.6 Å². The van der Waals surface area contributed by atoms with E-state index in [0.29, 0.717) is 17.6 Å². The number of rotatable bonds is 7. The van der Waals surface area contributed by atoms with Crippen LogP contribution < -0.4 is 4.74 Å². The number of nitriles is 1. The fraction of sp³-hybridized carbons (Fsp3) is 0.300. The van der Waals surface area contributed by atoms with E-state index < -0.39 is 0 Å². The van der Waals surface area contributed by atoms with Crippen LogP contribution in [0.3, 0.4) is 0 Å². The zero-order valence-electron chi connectivity index (χ0n) is 14.3. The summed E-state index contributed by atoms with van der Waals surface area (Å²) in [7, 11) is 1.62. The first-order valence-corrected chi connectivity index (χ1v) is 7.62. The van der Waals surface area contributed by atoms with Crippen LogP contribution in [0.5, 0.6) is 5.75 Å². The zero-order valence-corrected chi connectivity index (χ0v) is 14.3. The Hall–Kier alpha value is -2.60. The van der Waals surface area contributed by atoms with Crippen LogP contribution in [-0.4, -0.2) is 12.9 Å². The number of ketones is 1. The fourth-order valence-corrected chi connectivity index (χ4v) is 2.49. The van der Waals surface area contributed by atoms with Crippen LogP contribution in [-0.2, 0) is 4.79 Å². The highest BCUT2D eigenvalue weighted by molar-refractivity contribution is 5.96. The van der Waals surface area contributed by atoms with Crippen LogP contribution in [0.1, 0.15) is 37.8 Å². The molecule has 3 nitrogen and oxygen atoms in total. The minimum atomic E-state index is -0.0701. The van der Waals surface area contributed by atoms with Crippen LogP contribution in [0.15, 0.2) is 48.1 Å². The molecule has 1 aromatic rings. The predicted molar refractivity (Wildman–Crippen MR) is 94.1 cm³/mol. The van der Waals surface area contributed by atoms with Crippen molar-refractivity contribution in [3.63, 3.8) is 0 Å². The first-order valence-electron chi connectivity index (χ1n) is 7.62. The van der Waals surface area contributed by atoms with E-state index in [9.17, 15) is 10.1 Å². The van der Waals surface area contributed by atoms with Crippen molar-refractivity contribution in [1.29, 1.82) is 5.26 Å². The number of benzene rings is 1. The summed E-state index contributed by atoms with van der Waals surface area (Å²) < 4.78 is 5.48. The smallest absolute Gasteiger partial charge is 0.157 e. The number of methoxy groups -OCH3 is 1. The van der Waals surface area contributed by atoms with Crippen LogP contribution in [0.2, 0.25) is 0 Å². The summed E-state index contributed by atoms with van der Waals surface area (Å²) in [4.78, 5) is 11.8. The monoisotopic (exact) mass is 309 g/mol. The third-order valence-electron chi connectivity index (χ3n) is 3.62. The highest BCUT2D eigenvalue weighted by Gasteiger charge is 2.13. The maximum absolute atomic E-state index is 11.8. The van der Waals surface area contributed by atoms with Gasteiger partial charge in [-0.3, -0.25) is 4.79 Å². The molecule has 0 aliphatic carbocycles. The Labute approximate surface area is 138 Å². The lowest BCUT2D eigenvalue weighted by molar-refractivity contribution is -0.113. The molecule has 0 spiro atoms. The summed E-state index contributed by atoms with van der Waals surface area (Å²) in [5.41, 5.74) is 3.56. The molecule has 0 N–H and O–H groups in total. The van der Waals surface area contributed by atoms with Gasteiger partial charge in [-0.15, -0.1) is 0 Å². The lowest BCUT2D eigenvalue weighted by Crippen LogP contribution is -2.00. The van der Waals surface area contributed by atoms with E-state index in [4.69, 9.17) is 4.74 Å². The molecule has 0 amide bonds. The van der Waals surface area contributed by atoms with Crippen molar-refractivity contribution < 1.29 is 9.53 Å². The van der Waals surface area contributed by atoms with Gasteiger partial charge >= 0.3 is 0 Å². The molecule has 3 heteroatoms. The topological polar surface area (TPSA) is 50.1 Å². The molecule has 0 saturated carbocycles. The van der Waals surface area contributed by atoms with Gasteiger partial charge in [0.15, 0.2) is 5.78 Å². The molecule has 1 aromatic carbocycles. The molecule has 0 bridgehead atoms. The summed E-state index contributed by atoms with van der Waals surface area (Å²) in [5, 5.41) is 9.47. The standard InChI is InChI=1S/C20H23NO2/c1-6-9-18(15(4)22)17(13-21)12-16(7-2)19-11-8-10-14(3)20(19)23-5/h7-8,10-12H,2,6,9H2,1,3-5H3/b16-12+,18-17-. The molecular weight excluding hydrogens is 286 g/mol. The molecule has 1 rings (SSSR count). The normalized spacial score (nSPS) is 12.2. The molecule has 0 radical (unpaired) electrons. The molecule has 0 aromatic heterocycles. The molecule has 0 fully saturated rings. The Kier molecular flexibility index (Phi) is 7.02. The van der Waals surface area contributed by atoms with Gasteiger partial charge in [0, 0.05) is 11.1 Å². The number of nitrogens with zero attached hydrogens (tertiary/aromatic N) is 1. The molecular formula is C20H23NO2. The van der Waals surface area contributed by atoms with E-state index in [1.54, 1.807) is 19.3 Å². The molecule has 0 unspecified atom stereocenters. The number of allylic oxidation sites excluding steroid dienone is 5. The number of ether oxygens (including phenoxy) is 1. The van der Waals surface area contributed by atoms with Gasteiger partial charge in [-0.1, -0.05) is 44.2 Å². The van der Waals surface area contributed by atoms with E-state index in [1.807, 2.05) is 32.0 Å². The van der Waals surface area contributed by atoms with Gasteiger partial charge in [-0.25, -0.2) is 0 Å². The molecule has 0 atom stereocenters. The Morgan fingerprint density at radius 2 is 2.13 bits per heavy atom. The average Bonchev–Trinajstić information content (AvgIpc) is 2.54. The number of para-hydroxylation sites is 1. The number of hydrogen-bond acceptors (Lipinski definition) is 3. The second-order valence-corrected chi connectivity index (χ2v) is 5.27. The molecule has 0 heterocycles. The SMILES string of the molecule is C=C/C(=C\C(C#N)=C(/CCC)C(C)=O)c1cccc(C)c1OC. The van der Waals surface area contributed by atoms with Crippen LogP contribution in [0.4, 0.5) is 0 Å². The number of aryl methyl sites for hydroxylation is 1. The number of carbonyl (C=O) groups excluding carboxylic acids is 1. The number of carbonyl (C=O) groups is 1. The minimum absolute atomic E-state index is 0.0701. The second-order valence-electron chi connectivity index (χ2n) is 5.27. The van der Waals surface area contributed by atoms with Crippen LogP contribution >= 0.6 is 0 Å². The highest BCUT2D eigenvalue weighted by Crippen LogP contribution is 2.31. The van der Waals surface area contributed by atoms with E-state index in [1.165, 1.54) is 6.92 Å². The van der Waals surface area contributed by atoms with Crippen molar-refractivity contribution >= 4 is 11.4 Å². The second kappa shape index (κ2) is 8.75. The summed E-state index contributed by atoms with van der Waals surface area (Å²) in [6, 6.07) is 7.96. The van der Waals surface area contributed by atoms with Gasteiger partial charge in [0.05, 0.1) is 18.8 Å². The maximum Gasteiger partial charge on any atom is 0.157 e. The van der Waals surface area contributed by atoms with E-state index >= 15 is 0 Å². The first kappa shape index (κ1) is 18.4. The zero-order chi connectivity index (χ0) is 17.4. The van der Waals surface area contributed by atoms with Crippen molar-refractivity contribution in [2.75, 3.05) is 7.11 Å². The third-order valence-corrected chi connectivity index (χ3v) is 3.62.